The Labute approximate surface area is 107 Å². The molecule has 2 heterocycles. The minimum Gasteiger partial charge on any atom is -0.396 e. The standard InChI is InChI=1S/C15H17N3/c1-11-8-9-12-5-2-3-7-14(12)18(11)15-13(16)6-4-10-17-15/h2-7,10-11H,8-9,16H2,1H3. The van der Waals surface area contributed by atoms with Crippen molar-refractivity contribution >= 4 is 17.2 Å². The first-order chi connectivity index (χ1) is 8.77. The summed E-state index contributed by atoms with van der Waals surface area (Å²) in [5, 5.41) is 0. The van der Waals surface area contributed by atoms with E-state index in [4.69, 9.17) is 5.73 Å². The summed E-state index contributed by atoms with van der Waals surface area (Å²) in [5.41, 5.74) is 9.42. The fourth-order valence-electron chi connectivity index (χ4n) is 2.62. The van der Waals surface area contributed by atoms with E-state index in [2.05, 4.69) is 41.1 Å². The van der Waals surface area contributed by atoms with E-state index in [9.17, 15) is 0 Å². The molecule has 1 unspecified atom stereocenters. The Balaban J connectivity index is 2.14. The lowest BCUT2D eigenvalue weighted by atomic mass is 9.96. The number of aryl methyl sites for hydroxylation is 1. The zero-order valence-electron chi connectivity index (χ0n) is 10.5. The van der Waals surface area contributed by atoms with Gasteiger partial charge in [-0.1, -0.05) is 18.2 Å². The molecule has 0 amide bonds. The van der Waals surface area contributed by atoms with Crippen LogP contribution < -0.4 is 10.6 Å². The SMILES string of the molecule is CC1CCc2ccccc2N1c1ncccc1N. The number of hydrogen-bond acceptors (Lipinski definition) is 3. The molecule has 1 atom stereocenters. The van der Waals surface area contributed by atoms with Crippen molar-refractivity contribution in [1.29, 1.82) is 0 Å². The molecule has 0 bridgehead atoms. The minimum absolute atomic E-state index is 0.428. The molecule has 18 heavy (non-hydrogen) atoms. The number of fused-ring (bicyclic) bond motifs is 1. The van der Waals surface area contributed by atoms with Crippen LogP contribution in [0.4, 0.5) is 17.2 Å². The second-order valence-corrected chi connectivity index (χ2v) is 4.80. The van der Waals surface area contributed by atoms with Gasteiger partial charge >= 0.3 is 0 Å². The maximum absolute atomic E-state index is 6.07. The first-order valence-electron chi connectivity index (χ1n) is 6.35. The summed E-state index contributed by atoms with van der Waals surface area (Å²) >= 11 is 0. The maximum Gasteiger partial charge on any atom is 0.156 e. The Morgan fingerprint density at radius 2 is 2.06 bits per heavy atom. The quantitative estimate of drug-likeness (QED) is 0.831. The van der Waals surface area contributed by atoms with E-state index >= 15 is 0 Å². The van der Waals surface area contributed by atoms with Crippen LogP contribution >= 0.6 is 0 Å². The van der Waals surface area contributed by atoms with Crippen molar-refractivity contribution in [3.8, 4) is 0 Å². The zero-order chi connectivity index (χ0) is 12.5. The number of nitrogens with zero attached hydrogens (tertiary/aromatic N) is 2. The minimum atomic E-state index is 0.428. The summed E-state index contributed by atoms with van der Waals surface area (Å²) in [6.07, 6.45) is 4.06. The summed E-state index contributed by atoms with van der Waals surface area (Å²) in [6, 6.07) is 12.7. The molecular formula is C15H17N3. The summed E-state index contributed by atoms with van der Waals surface area (Å²) in [4.78, 5) is 6.71. The van der Waals surface area contributed by atoms with Crippen LogP contribution in [0, 0.1) is 0 Å². The molecule has 1 aromatic heterocycles. The molecule has 0 saturated carbocycles. The zero-order valence-corrected chi connectivity index (χ0v) is 10.5. The van der Waals surface area contributed by atoms with E-state index in [-0.39, 0.29) is 0 Å². The second kappa shape index (κ2) is 4.33. The third-order valence-electron chi connectivity index (χ3n) is 3.57. The highest BCUT2D eigenvalue weighted by Crippen LogP contribution is 2.37. The fraction of sp³-hybridized carbons (Fsp3) is 0.267. The van der Waals surface area contributed by atoms with E-state index < -0.39 is 0 Å². The highest BCUT2D eigenvalue weighted by molar-refractivity contribution is 5.74. The predicted octanol–water partition coefficient (Wildman–Crippen LogP) is 3.14. The van der Waals surface area contributed by atoms with Crippen molar-refractivity contribution in [2.24, 2.45) is 0 Å². The number of aromatic nitrogens is 1. The van der Waals surface area contributed by atoms with E-state index in [1.165, 1.54) is 11.3 Å². The van der Waals surface area contributed by atoms with Crippen molar-refractivity contribution in [3.05, 3.63) is 48.2 Å². The Bertz CT molecular complexity index is 565. The highest BCUT2D eigenvalue weighted by atomic mass is 15.2. The van der Waals surface area contributed by atoms with Crippen LogP contribution in [-0.4, -0.2) is 11.0 Å². The van der Waals surface area contributed by atoms with Crippen molar-refractivity contribution in [2.75, 3.05) is 10.6 Å². The number of pyridine rings is 1. The molecule has 0 radical (unpaired) electrons. The van der Waals surface area contributed by atoms with E-state index in [0.717, 1.165) is 24.3 Å². The van der Waals surface area contributed by atoms with Crippen molar-refractivity contribution in [3.63, 3.8) is 0 Å². The number of para-hydroxylation sites is 1. The molecule has 1 aromatic carbocycles. The molecule has 1 aliphatic heterocycles. The summed E-state index contributed by atoms with van der Waals surface area (Å²) in [6.45, 7) is 2.23. The van der Waals surface area contributed by atoms with Crippen LogP contribution in [0.15, 0.2) is 42.6 Å². The topological polar surface area (TPSA) is 42.2 Å². The second-order valence-electron chi connectivity index (χ2n) is 4.80. The van der Waals surface area contributed by atoms with Gasteiger partial charge in [0.1, 0.15) is 0 Å². The Morgan fingerprint density at radius 1 is 1.22 bits per heavy atom. The van der Waals surface area contributed by atoms with Gasteiger partial charge in [0.2, 0.25) is 0 Å². The predicted molar refractivity (Wildman–Crippen MR) is 75.0 cm³/mol. The number of hydrogen-bond donors (Lipinski definition) is 1. The highest BCUT2D eigenvalue weighted by Gasteiger charge is 2.25. The van der Waals surface area contributed by atoms with Crippen LogP contribution in [0.2, 0.25) is 0 Å². The molecule has 0 spiro atoms. The summed E-state index contributed by atoms with van der Waals surface area (Å²) in [5.74, 6) is 0.872. The molecular weight excluding hydrogens is 222 g/mol. The Morgan fingerprint density at radius 3 is 2.89 bits per heavy atom. The van der Waals surface area contributed by atoms with Gasteiger partial charge in [0.15, 0.2) is 5.82 Å². The van der Waals surface area contributed by atoms with E-state index in [0.29, 0.717) is 6.04 Å². The molecule has 2 N–H and O–H groups in total. The molecule has 3 heteroatoms. The van der Waals surface area contributed by atoms with E-state index in [1.807, 2.05) is 12.1 Å². The van der Waals surface area contributed by atoms with Crippen LogP contribution in [0.25, 0.3) is 0 Å². The van der Waals surface area contributed by atoms with Gasteiger partial charge < -0.3 is 10.6 Å². The molecule has 0 fully saturated rings. The van der Waals surface area contributed by atoms with Crippen LogP contribution in [0.3, 0.4) is 0 Å². The van der Waals surface area contributed by atoms with Crippen LogP contribution in [-0.2, 0) is 6.42 Å². The molecule has 2 aromatic rings. The van der Waals surface area contributed by atoms with Crippen molar-refractivity contribution < 1.29 is 0 Å². The summed E-state index contributed by atoms with van der Waals surface area (Å²) < 4.78 is 0. The molecule has 3 nitrogen and oxygen atoms in total. The van der Waals surface area contributed by atoms with Crippen LogP contribution in [0.1, 0.15) is 18.9 Å². The van der Waals surface area contributed by atoms with Gasteiger partial charge in [-0.25, -0.2) is 4.98 Å². The fourth-order valence-corrected chi connectivity index (χ4v) is 2.62. The monoisotopic (exact) mass is 239 g/mol. The van der Waals surface area contributed by atoms with Gasteiger partial charge in [-0.3, -0.25) is 0 Å². The third-order valence-corrected chi connectivity index (χ3v) is 3.57. The lowest BCUT2D eigenvalue weighted by Gasteiger charge is -2.36. The van der Waals surface area contributed by atoms with E-state index in [1.54, 1.807) is 6.20 Å². The molecule has 0 saturated heterocycles. The molecule has 3 rings (SSSR count). The van der Waals surface area contributed by atoms with Gasteiger partial charge in [-0.15, -0.1) is 0 Å². The first kappa shape index (κ1) is 11.1. The average Bonchev–Trinajstić information content (AvgIpc) is 2.40. The lowest BCUT2D eigenvalue weighted by molar-refractivity contribution is 0.614. The normalized spacial score (nSPS) is 18.5. The number of benzene rings is 1. The van der Waals surface area contributed by atoms with Crippen LogP contribution in [0.5, 0.6) is 0 Å². The molecule has 92 valence electrons. The first-order valence-corrected chi connectivity index (χ1v) is 6.35. The van der Waals surface area contributed by atoms with Gasteiger partial charge in [-0.2, -0.15) is 0 Å². The number of nitrogens with two attached hydrogens (primary N) is 1. The average molecular weight is 239 g/mol. The van der Waals surface area contributed by atoms with Gasteiger partial charge in [0.05, 0.1) is 5.69 Å². The van der Waals surface area contributed by atoms with Gasteiger partial charge in [0, 0.05) is 17.9 Å². The largest absolute Gasteiger partial charge is 0.396 e. The summed E-state index contributed by atoms with van der Waals surface area (Å²) in [7, 11) is 0. The molecule has 0 aliphatic carbocycles. The smallest absolute Gasteiger partial charge is 0.156 e. The van der Waals surface area contributed by atoms with Gasteiger partial charge in [-0.05, 0) is 43.5 Å². The Hall–Kier alpha value is -2.03. The molecule has 1 aliphatic rings. The third kappa shape index (κ3) is 1.72. The van der Waals surface area contributed by atoms with Crippen molar-refractivity contribution in [1.82, 2.24) is 4.98 Å². The number of rotatable bonds is 1. The lowest BCUT2D eigenvalue weighted by Crippen LogP contribution is -2.34. The van der Waals surface area contributed by atoms with Gasteiger partial charge in [0.25, 0.3) is 0 Å². The van der Waals surface area contributed by atoms with Crippen molar-refractivity contribution in [2.45, 2.75) is 25.8 Å². The number of nitrogen functional groups attached to an aromatic ring is 1. The number of anilines is 3. The maximum atomic E-state index is 6.07. The Kier molecular flexibility index (Phi) is 2.67.